The number of rotatable bonds is 1. The maximum Gasteiger partial charge on any atom is 0.212 e. The van der Waals surface area contributed by atoms with Crippen LogP contribution in [-0.4, -0.2) is 0 Å². The lowest BCUT2D eigenvalue weighted by molar-refractivity contribution is -0.660. The van der Waals surface area contributed by atoms with Gasteiger partial charge >= 0.3 is 0 Å². The zero-order chi connectivity index (χ0) is 23.0. The molecule has 1 aliphatic rings. The van der Waals surface area contributed by atoms with Crippen molar-refractivity contribution < 1.29 is 4.57 Å². The standard InChI is InChI=1S/C31H34N/c1-19-9-11-23-22(15-19)10-12-26-29(23)25-18-24(28-16-20(2)13-14-32(28)8)21(3)17-27(25)31(6,7)30(26,4)5/h9-18H,1-8H3/q+1. The number of pyridine rings is 1. The summed E-state index contributed by atoms with van der Waals surface area (Å²) in [6.45, 7) is 16.3. The van der Waals surface area contributed by atoms with Crippen LogP contribution < -0.4 is 4.57 Å². The molecule has 0 fully saturated rings. The van der Waals surface area contributed by atoms with Gasteiger partial charge in [-0.05, 0) is 81.8 Å². The molecular formula is C31H34N+. The highest BCUT2D eigenvalue weighted by atomic mass is 14.9. The van der Waals surface area contributed by atoms with Crippen molar-refractivity contribution in [1.29, 1.82) is 0 Å². The van der Waals surface area contributed by atoms with Gasteiger partial charge in [-0.25, -0.2) is 4.57 Å². The smallest absolute Gasteiger partial charge is 0.201 e. The summed E-state index contributed by atoms with van der Waals surface area (Å²) in [5, 5.41) is 2.69. The summed E-state index contributed by atoms with van der Waals surface area (Å²) in [5.74, 6) is 0. The average Bonchev–Trinajstić information content (AvgIpc) is 2.73. The van der Waals surface area contributed by atoms with E-state index >= 15 is 0 Å². The first kappa shape index (κ1) is 20.9. The van der Waals surface area contributed by atoms with Crippen LogP contribution in [-0.2, 0) is 17.9 Å². The Morgan fingerprint density at radius 3 is 2.09 bits per heavy atom. The monoisotopic (exact) mass is 420 g/mol. The van der Waals surface area contributed by atoms with E-state index in [1.165, 1.54) is 61.0 Å². The molecule has 1 aromatic heterocycles. The summed E-state index contributed by atoms with van der Waals surface area (Å²) in [5.41, 5.74) is 12.3. The van der Waals surface area contributed by atoms with E-state index in [-0.39, 0.29) is 10.8 Å². The average molecular weight is 421 g/mol. The maximum atomic E-state index is 2.47. The second kappa shape index (κ2) is 6.78. The molecule has 0 atom stereocenters. The number of aryl methyl sites for hydroxylation is 4. The molecule has 4 aromatic rings. The first-order valence-electron chi connectivity index (χ1n) is 11.7. The summed E-state index contributed by atoms with van der Waals surface area (Å²) in [6, 6.07) is 21.0. The summed E-state index contributed by atoms with van der Waals surface area (Å²) in [4.78, 5) is 0. The Hall–Kier alpha value is -2.93. The van der Waals surface area contributed by atoms with E-state index in [2.05, 4.69) is 121 Å². The van der Waals surface area contributed by atoms with Crippen molar-refractivity contribution in [3.8, 4) is 22.4 Å². The molecule has 0 bridgehead atoms. The van der Waals surface area contributed by atoms with Crippen LogP contribution in [0.5, 0.6) is 0 Å². The third-order valence-corrected chi connectivity index (χ3v) is 8.30. The van der Waals surface area contributed by atoms with Crippen molar-refractivity contribution in [3.05, 3.63) is 88.6 Å². The molecule has 1 aliphatic carbocycles. The van der Waals surface area contributed by atoms with Gasteiger partial charge in [0.15, 0.2) is 6.20 Å². The Morgan fingerprint density at radius 1 is 0.656 bits per heavy atom. The lowest BCUT2D eigenvalue weighted by Crippen LogP contribution is -2.43. The Kier molecular flexibility index (Phi) is 4.44. The quantitative estimate of drug-likeness (QED) is 0.281. The molecule has 1 heteroatoms. The summed E-state index contributed by atoms with van der Waals surface area (Å²) < 4.78 is 2.24. The third-order valence-electron chi connectivity index (χ3n) is 8.30. The number of nitrogens with zero attached hydrogens (tertiary/aromatic N) is 1. The molecule has 1 heterocycles. The van der Waals surface area contributed by atoms with Crippen LogP contribution in [0.1, 0.15) is 55.5 Å². The fourth-order valence-electron chi connectivity index (χ4n) is 5.58. The van der Waals surface area contributed by atoms with Gasteiger partial charge in [-0.15, -0.1) is 0 Å². The van der Waals surface area contributed by atoms with Crippen LogP contribution >= 0.6 is 0 Å². The van der Waals surface area contributed by atoms with E-state index in [9.17, 15) is 0 Å². The Bertz CT molecular complexity index is 1400. The zero-order valence-corrected chi connectivity index (χ0v) is 20.7. The molecule has 0 unspecified atom stereocenters. The van der Waals surface area contributed by atoms with E-state index in [4.69, 9.17) is 0 Å². The molecule has 162 valence electrons. The van der Waals surface area contributed by atoms with Crippen molar-refractivity contribution in [1.82, 2.24) is 0 Å². The van der Waals surface area contributed by atoms with Gasteiger partial charge in [-0.3, -0.25) is 0 Å². The minimum atomic E-state index is 0.0196. The van der Waals surface area contributed by atoms with Gasteiger partial charge in [0.1, 0.15) is 7.05 Å². The van der Waals surface area contributed by atoms with Crippen molar-refractivity contribution in [2.75, 3.05) is 0 Å². The summed E-state index contributed by atoms with van der Waals surface area (Å²) >= 11 is 0. The van der Waals surface area contributed by atoms with Gasteiger partial charge in [0, 0.05) is 17.7 Å². The predicted octanol–water partition coefficient (Wildman–Crippen LogP) is 7.49. The molecule has 0 N–H and O–H groups in total. The number of benzene rings is 3. The third kappa shape index (κ3) is 2.80. The normalized spacial score (nSPS) is 16.0. The minimum Gasteiger partial charge on any atom is -0.201 e. The Morgan fingerprint density at radius 2 is 1.34 bits per heavy atom. The van der Waals surface area contributed by atoms with Gasteiger partial charge in [-0.1, -0.05) is 69.7 Å². The maximum absolute atomic E-state index is 2.47. The molecule has 0 saturated heterocycles. The van der Waals surface area contributed by atoms with E-state index in [1.807, 2.05) is 0 Å². The van der Waals surface area contributed by atoms with E-state index < -0.39 is 0 Å². The molecule has 32 heavy (non-hydrogen) atoms. The predicted molar refractivity (Wildman–Crippen MR) is 136 cm³/mol. The van der Waals surface area contributed by atoms with Crippen LogP contribution in [0.4, 0.5) is 0 Å². The molecule has 0 amide bonds. The van der Waals surface area contributed by atoms with Gasteiger partial charge in [0.05, 0.1) is 0 Å². The van der Waals surface area contributed by atoms with Crippen LogP contribution in [0.25, 0.3) is 33.2 Å². The van der Waals surface area contributed by atoms with Gasteiger partial charge in [0.2, 0.25) is 5.69 Å². The SMILES string of the molecule is Cc1cc[n+](C)c(-c2cc3c(cc2C)C(C)(C)C(C)(C)c2ccc4cc(C)ccc4c2-3)c1. The van der Waals surface area contributed by atoms with E-state index in [0.717, 1.165) is 0 Å². The second-order valence-corrected chi connectivity index (χ2v) is 10.9. The molecule has 1 nitrogen and oxygen atoms in total. The molecule has 0 saturated carbocycles. The fraction of sp³-hybridized carbons (Fsp3) is 0.323. The van der Waals surface area contributed by atoms with Gasteiger partial charge < -0.3 is 0 Å². The van der Waals surface area contributed by atoms with Crippen LogP contribution in [0.3, 0.4) is 0 Å². The van der Waals surface area contributed by atoms with E-state index in [1.54, 1.807) is 0 Å². The van der Waals surface area contributed by atoms with Gasteiger partial charge in [0.25, 0.3) is 0 Å². The van der Waals surface area contributed by atoms with Gasteiger partial charge in [-0.2, -0.15) is 0 Å². The molecule has 3 aromatic carbocycles. The Labute approximate surface area is 192 Å². The first-order valence-corrected chi connectivity index (χ1v) is 11.7. The van der Waals surface area contributed by atoms with Crippen molar-refractivity contribution in [3.63, 3.8) is 0 Å². The number of hydrogen-bond acceptors (Lipinski definition) is 0. The van der Waals surface area contributed by atoms with Crippen molar-refractivity contribution in [2.45, 2.75) is 59.3 Å². The minimum absolute atomic E-state index is 0.0196. The molecule has 0 radical (unpaired) electrons. The zero-order valence-electron chi connectivity index (χ0n) is 20.7. The van der Waals surface area contributed by atoms with Crippen LogP contribution in [0.2, 0.25) is 0 Å². The van der Waals surface area contributed by atoms with E-state index in [0.29, 0.717) is 0 Å². The van der Waals surface area contributed by atoms with Crippen molar-refractivity contribution in [2.24, 2.45) is 7.05 Å². The molecule has 0 aliphatic heterocycles. The van der Waals surface area contributed by atoms with Crippen molar-refractivity contribution >= 4 is 10.8 Å². The van der Waals surface area contributed by atoms with Crippen LogP contribution in [0, 0.1) is 20.8 Å². The number of fused-ring (bicyclic) bond motifs is 5. The number of aromatic nitrogens is 1. The highest BCUT2D eigenvalue weighted by molar-refractivity contribution is 6.02. The summed E-state index contributed by atoms with van der Waals surface area (Å²) in [6.07, 6.45) is 2.17. The highest BCUT2D eigenvalue weighted by Crippen LogP contribution is 2.56. The summed E-state index contributed by atoms with van der Waals surface area (Å²) in [7, 11) is 2.15. The lowest BCUT2D eigenvalue weighted by Gasteiger charge is -2.49. The molecule has 5 rings (SSSR count). The second-order valence-electron chi connectivity index (χ2n) is 10.9. The molecule has 0 spiro atoms. The van der Waals surface area contributed by atoms with Crippen LogP contribution in [0.15, 0.2) is 60.8 Å². The molecular weight excluding hydrogens is 386 g/mol. The Balaban J connectivity index is 1.92. The first-order chi connectivity index (χ1) is 15.0. The highest BCUT2D eigenvalue weighted by Gasteiger charge is 2.46. The lowest BCUT2D eigenvalue weighted by atomic mass is 9.54. The largest absolute Gasteiger partial charge is 0.212 e. The number of hydrogen-bond donors (Lipinski definition) is 0. The fourth-order valence-corrected chi connectivity index (χ4v) is 5.58. The topological polar surface area (TPSA) is 3.88 Å².